The molecule has 0 aliphatic carbocycles. The van der Waals surface area contributed by atoms with Crippen molar-refractivity contribution in [3.05, 3.63) is 17.9 Å². The molecule has 0 saturated carbocycles. The third-order valence-corrected chi connectivity index (χ3v) is 1.32. The van der Waals surface area contributed by atoms with Gasteiger partial charge < -0.3 is 9.52 Å². The Balaban J connectivity index is 2.84. The van der Waals surface area contributed by atoms with Gasteiger partial charge in [-0.3, -0.25) is 0 Å². The van der Waals surface area contributed by atoms with Crippen LogP contribution in [0.5, 0.6) is 0 Å². The predicted molar refractivity (Wildman–Crippen MR) is 45.1 cm³/mol. The SMILES string of the molecule is CC(C)(F)c1nnc(/C=C/C(=O)O)o1. The Morgan fingerprint density at radius 1 is 1.57 bits per heavy atom. The van der Waals surface area contributed by atoms with Gasteiger partial charge in [-0.1, -0.05) is 0 Å². The van der Waals surface area contributed by atoms with Crippen LogP contribution in [0.15, 0.2) is 10.5 Å². The van der Waals surface area contributed by atoms with Crippen molar-refractivity contribution in [2.24, 2.45) is 0 Å². The Morgan fingerprint density at radius 3 is 2.64 bits per heavy atom. The van der Waals surface area contributed by atoms with Crippen LogP contribution in [0.25, 0.3) is 6.08 Å². The van der Waals surface area contributed by atoms with Gasteiger partial charge in [0.15, 0.2) is 5.67 Å². The zero-order valence-corrected chi connectivity index (χ0v) is 7.69. The van der Waals surface area contributed by atoms with Gasteiger partial charge >= 0.3 is 5.97 Å². The van der Waals surface area contributed by atoms with E-state index in [2.05, 4.69) is 10.2 Å². The van der Waals surface area contributed by atoms with Crippen LogP contribution in [0, 0.1) is 0 Å². The summed E-state index contributed by atoms with van der Waals surface area (Å²) in [6, 6.07) is 0. The molecular formula is C8H9FN2O3. The minimum absolute atomic E-state index is 0.0341. The highest BCUT2D eigenvalue weighted by molar-refractivity contribution is 5.84. The van der Waals surface area contributed by atoms with Gasteiger partial charge in [0.05, 0.1) is 0 Å². The Kier molecular flexibility index (Phi) is 2.64. The molecule has 14 heavy (non-hydrogen) atoms. The molecule has 0 aliphatic rings. The topological polar surface area (TPSA) is 76.2 Å². The van der Waals surface area contributed by atoms with Gasteiger partial charge in [-0.05, 0) is 13.8 Å². The van der Waals surface area contributed by atoms with E-state index in [4.69, 9.17) is 9.52 Å². The molecule has 1 aromatic rings. The minimum Gasteiger partial charge on any atom is -0.478 e. The molecule has 0 amide bonds. The lowest BCUT2D eigenvalue weighted by Gasteiger charge is -2.05. The van der Waals surface area contributed by atoms with Gasteiger partial charge in [0.2, 0.25) is 5.89 Å². The first kappa shape index (κ1) is 10.4. The quantitative estimate of drug-likeness (QED) is 0.745. The molecule has 0 unspecified atom stereocenters. The Bertz CT molecular complexity index is 365. The van der Waals surface area contributed by atoms with Crippen LogP contribution in [0.4, 0.5) is 4.39 Å². The lowest BCUT2D eigenvalue weighted by Crippen LogP contribution is -2.09. The van der Waals surface area contributed by atoms with Gasteiger partial charge in [0, 0.05) is 12.2 Å². The lowest BCUT2D eigenvalue weighted by atomic mass is 10.2. The van der Waals surface area contributed by atoms with Crippen LogP contribution in [0.1, 0.15) is 25.6 Å². The molecule has 1 aromatic heterocycles. The number of rotatable bonds is 3. The number of carboxylic acid groups (broad SMARTS) is 1. The molecule has 0 fully saturated rings. The maximum atomic E-state index is 13.2. The molecule has 1 heterocycles. The number of aliphatic carboxylic acids is 1. The van der Waals surface area contributed by atoms with Crippen molar-refractivity contribution in [1.29, 1.82) is 0 Å². The van der Waals surface area contributed by atoms with Gasteiger partial charge in [0.25, 0.3) is 5.89 Å². The fourth-order valence-electron chi connectivity index (χ4n) is 0.685. The summed E-state index contributed by atoms with van der Waals surface area (Å²) >= 11 is 0. The van der Waals surface area contributed by atoms with E-state index >= 15 is 0 Å². The van der Waals surface area contributed by atoms with Crippen LogP contribution in [-0.4, -0.2) is 21.3 Å². The molecule has 1 N–H and O–H groups in total. The smallest absolute Gasteiger partial charge is 0.328 e. The summed E-state index contributed by atoms with van der Waals surface area (Å²) in [6.45, 7) is 2.54. The van der Waals surface area contributed by atoms with E-state index in [-0.39, 0.29) is 11.8 Å². The molecular weight excluding hydrogens is 191 g/mol. The number of hydrogen-bond donors (Lipinski definition) is 1. The van der Waals surface area contributed by atoms with Gasteiger partial charge in [-0.25, -0.2) is 9.18 Å². The molecule has 0 bridgehead atoms. The Labute approximate surface area is 79.3 Å². The first-order valence-corrected chi connectivity index (χ1v) is 3.83. The summed E-state index contributed by atoms with van der Waals surface area (Å²) in [5.74, 6) is -1.35. The maximum absolute atomic E-state index is 13.2. The van der Waals surface area contributed by atoms with Crippen molar-refractivity contribution in [3.63, 3.8) is 0 Å². The van der Waals surface area contributed by atoms with E-state index in [0.29, 0.717) is 0 Å². The third-order valence-electron chi connectivity index (χ3n) is 1.32. The van der Waals surface area contributed by atoms with Crippen molar-refractivity contribution >= 4 is 12.0 Å². The van der Waals surface area contributed by atoms with Crippen LogP contribution in [-0.2, 0) is 10.5 Å². The standard InChI is InChI=1S/C8H9FN2O3/c1-8(2,9)7-11-10-5(14-7)3-4-6(12)13/h3-4H,1-2H3,(H,12,13)/b4-3+. The van der Waals surface area contributed by atoms with Crippen molar-refractivity contribution in [3.8, 4) is 0 Å². The van der Waals surface area contributed by atoms with E-state index in [1.807, 2.05) is 0 Å². The first-order chi connectivity index (χ1) is 6.39. The number of alkyl halides is 1. The average Bonchev–Trinajstić information content (AvgIpc) is 2.47. The summed E-state index contributed by atoms with van der Waals surface area (Å²) in [6.07, 6.45) is 1.94. The molecule has 0 atom stereocenters. The molecule has 6 heteroatoms. The lowest BCUT2D eigenvalue weighted by molar-refractivity contribution is -0.131. The molecule has 76 valence electrons. The number of hydrogen-bond acceptors (Lipinski definition) is 4. The second-order valence-electron chi connectivity index (χ2n) is 3.09. The highest BCUT2D eigenvalue weighted by Gasteiger charge is 2.25. The third kappa shape index (κ3) is 2.65. The number of carbonyl (C=O) groups is 1. The normalized spacial score (nSPS) is 12.2. The summed E-state index contributed by atoms with van der Waals surface area (Å²) < 4.78 is 18.0. The zero-order valence-electron chi connectivity index (χ0n) is 7.69. The number of nitrogens with zero attached hydrogens (tertiary/aromatic N) is 2. The second-order valence-corrected chi connectivity index (χ2v) is 3.09. The summed E-state index contributed by atoms with van der Waals surface area (Å²) in [4.78, 5) is 10.1. The minimum atomic E-state index is -1.72. The van der Waals surface area contributed by atoms with Crippen molar-refractivity contribution in [2.75, 3.05) is 0 Å². The summed E-state index contributed by atoms with van der Waals surface area (Å²) in [5.41, 5.74) is -1.72. The molecule has 0 aliphatic heterocycles. The fraction of sp³-hybridized carbons (Fsp3) is 0.375. The highest BCUT2D eigenvalue weighted by Crippen LogP contribution is 2.22. The van der Waals surface area contributed by atoms with Crippen LogP contribution < -0.4 is 0 Å². The number of aromatic nitrogens is 2. The molecule has 0 aromatic carbocycles. The van der Waals surface area contributed by atoms with E-state index < -0.39 is 11.6 Å². The van der Waals surface area contributed by atoms with Crippen molar-refractivity contribution in [1.82, 2.24) is 10.2 Å². The molecule has 0 radical (unpaired) electrons. The Morgan fingerprint density at radius 2 is 2.21 bits per heavy atom. The number of halogens is 1. The largest absolute Gasteiger partial charge is 0.478 e. The van der Waals surface area contributed by atoms with Gasteiger partial charge in [0.1, 0.15) is 0 Å². The van der Waals surface area contributed by atoms with Crippen LogP contribution in [0.3, 0.4) is 0 Å². The summed E-state index contributed by atoms with van der Waals surface area (Å²) in [5, 5.41) is 15.2. The second kappa shape index (κ2) is 3.57. The van der Waals surface area contributed by atoms with E-state index in [0.717, 1.165) is 12.2 Å². The first-order valence-electron chi connectivity index (χ1n) is 3.83. The fourth-order valence-corrected chi connectivity index (χ4v) is 0.685. The molecule has 0 saturated heterocycles. The van der Waals surface area contributed by atoms with Crippen LogP contribution >= 0.6 is 0 Å². The predicted octanol–water partition coefficient (Wildman–Crippen LogP) is 1.37. The number of carboxylic acids is 1. The van der Waals surface area contributed by atoms with Crippen molar-refractivity contribution in [2.45, 2.75) is 19.5 Å². The molecule has 5 nitrogen and oxygen atoms in total. The van der Waals surface area contributed by atoms with Gasteiger partial charge in [-0.15, -0.1) is 10.2 Å². The van der Waals surface area contributed by atoms with E-state index in [1.54, 1.807) is 0 Å². The highest BCUT2D eigenvalue weighted by atomic mass is 19.1. The Hall–Kier alpha value is -1.72. The van der Waals surface area contributed by atoms with Gasteiger partial charge in [-0.2, -0.15) is 0 Å². The van der Waals surface area contributed by atoms with Crippen molar-refractivity contribution < 1.29 is 18.7 Å². The maximum Gasteiger partial charge on any atom is 0.328 e. The average molecular weight is 200 g/mol. The van der Waals surface area contributed by atoms with E-state index in [1.165, 1.54) is 13.8 Å². The molecule has 1 rings (SSSR count). The molecule has 0 spiro atoms. The summed E-state index contributed by atoms with van der Waals surface area (Å²) in [7, 11) is 0. The monoisotopic (exact) mass is 200 g/mol. The zero-order chi connectivity index (χ0) is 10.8. The van der Waals surface area contributed by atoms with Crippen LogP contribution in [0.2, 0.25) is 0 Å². The van der Waals surface area contributed by atoms with E-state index in [9.17, 15) is 9.18 Å².